The minimum absolute atomic E-state index is 1.15. The van der Waals surface area contributed by atoms with E-state index in [9.17, 15) is 0 Å². The van der Waals surface area contributed by atoms with E-state index in [2.05, 4.69) is 203 Å². The van der Waals surface area contributed by atoms with Crippen molar-refractivity contribution >= 4 is 43.6 Å². The van der Waals surface area contributed by atoms with Crippen molar-refractivity contribution in [3.63, 3.8) is 0 Å². The van der Waals surface area contributed by atoms with E-state index in [1.54, 1.807) is 0 Å². The Hall–Kier alpha value is -6.64. The van der Waals surface area contributed by atoms with Gasteiger partial charge in [0.05, 0.1) is 22.1 Å². The summed E-state index contributed by atoms with van der Waals surface area (Å²) in [4.78, 5) is 0. The van der Waals surface area contributed by atoms with Gasteiger partial charge >= 0.3 is 0 Å². The molecule has 0 N–H and O–H groups in total. The first-order chi connectivity index (χ1) is 24.8. The number of hydrogen-bond donors (Lipinski definition) is 0. The summed E-state index contributed by atoms with van der Waals surface area (Å²) in [5, 5.41) is 4.99. The third-order valence-electron chi connectivity index (χ3n) is 10.1. The molecule has 0 amide bonds. The quantitative estimate of drug-likeness (QED) is 0.178. The molecule has 50 heavy (non-hydrogen) atoms. The van der Waals surface area contributed by atoms with E-state index >= 15 is 0 Å². The van der Waals surface area contributed by atoms with Gasteiger partial charge in [0.15, 0.2) is 0 Å². The normalized spacial score (nSPS) is 11.6. The van der Waals surface area contributed by atoms with Crippen LogP contribution < -0.4 is 0 Å². The van der Waals surface area contributed by atoms with Crippen LogP contribution in [0, 0.1) is 0 Å². The second kappa shape index (κ2) is 11.5. The van der Waals surface area contributed by atoms with Gasteiger partial charge in [0, 0.05) is 32.9 Å². The third kappa shape index (κ3) is 4.57. The molecule has 10 aromatic rings. The molecule has 0 bridgehead atoms. The maximum atomic E-state index is 2.44. The lowest BCUT2D eigenvalue weighted by molar-refractivity contribution is 1.17. The smallest absolute Gasteiger partial charge is 0.0548 e. The van der Waals surface area contributed by atoms with Gasteiger partial charge in [-0.25, -0.2) is 0 Å². The number of aromatic nitrogens is 2. The summed E-state index contributed by atoms with van der Waals surface area (Å²) >= 11 is 0. The van der Waals surface area contributed by atoms with Crippen LogP contribution in [-0.2, 0) is 0 Å². The molecule has 0 saturated carbocycles. The molecule has 234 valence electrons. The summed E-state index contributed by atoms with van der Waals surface area (Å²) in [5.74, 6) is 0. The van der Waals surface area contributed by atoms with Crippen molar-refractivity contribution in [1.29, 1.82) is 0 Å². The van der Waals surface area contributed by atoms with E-state index in [1.165, 1.54) is 77.0 Å². The number of rotatable bonds is 5. The molecule has 0 aliphatic carbocycles. The summed E-state index contributed by atoms with van der Waals surface area (Å²) < 4.78 is 4.87. The van der Waals surface area contributed by atoms with Crippen LogP contribution in [0.4, 0.5) is 0 Å². The first kappa shape index (κ1) is 28.4. The van der Waals surface area contributed by atoms with Crippen molar-refractivity contribution in [2.75, 3.05) is 0 Å². The third-order valence-corrected chi connectivity index (χ3v) is 10.1. The molecule has 0 fully saturated rings. The highest BCUT2D eigenvalue weighted by Crippen LogP contribution is 2.40. The van der Waals surface area contributed by atoms with Crippen LogP contribution in [0.2, 0.25) is 0 Å². The van der Waals surface area contributed by atoms with E-state index in [4.69, 9.17) is 0 Å². The van der Waals surface area contributed by atoms with Gasteiger partial charge in [-0.2, -0.15) is 0 Å². The maximum Gasteiger partial charge on any atom is 0.0548 e. The van der Waals surface area contributed by atoms with E-state index in [0.29, 0.717) is 0 Å². The summed E-state index contributed by atoms with van der Waals surface area (Å²) in [6.07, 6.45) is 0. The van der Waals surface area contributed by atoms with Gasteiger partial charge in [-0.1, -0.05) is 146 Å². The zero-order valence-corrected chi connectivity index (χ0v) is 27.4. The fourth-order valence-corrected chi connectivity index (χ4v) is 7.75. The second-order valence-electron chi connectivity index (χ2n) is 13.0. The number of para-hydroxylation sites is 2. The van der Waals surface area contributed by atoms with Gasteiger partial charge in [-0.15, -0.1) is 0 Å². The first-order valence-electron chi connectivity index (χ1n) is 17.2. The predicted molar refractivity (Wildman–Crippen MR) is 211 cm³/mol. The van der Waals surface area contributed by atoms with E-state index in [1.807, 2.05) is 0 Å². The molecule has 8 aromatic carbocycles. The highest BCUT2D eigenvalue weighted by atomic mass is 15.0. The van der Waals surface area contributed by atoms with Crippen molar-refractivity contribution in [3.05, 3.63) is 194 Å². The van der Waals surface area contributed by atoms with Crippen LogP contribution in [0.1, 0.15) is 0 Å². The van der Waals surface area contributed by atoms with Crippen LogP contribution in [-0.4, -0.2) is 9.13 Å². The first-order valence-corrected chi connectivity index (χ1v) is 17.2. The van der Waals surface area contributed by atoms with Crippen molar-refractivity contribution in [2.24, 2.45) is 0 Å². The van der Waals surface area contributed by atoms with Crippen LogP contribution in [0.25, 0.3) is 88.4 Å². The average Bonchev–Trinajstić information content (AvgIpc) is 3.70. The standard InChI is InChI=1S/C48H32N2/c1-3-13-33(14-4-1)35-25-27-36(28-26-35)38-18-12-20-40(30-38)50-46-24-10-8-22-42(46)44-31-47-43(32-48(44)50)41-21-7-9-23-45(41)49(47)39-19-11-17-37(29-39)34-15-5-2-6-16-34/h1-32H. The molecule has 0 aliphatic rings. The molecule has 10 rings (SSSR count). The molecule has 2 heteroatoms. The molecule has 0 radical (unpaired) electrons. The number of benzene rings is 8. The summed E-state index contributed by atoms with van der Waals surface area (Å²) in [5.41, 5.74) is 14.4. The highest BCUT2D eigenvalue weighted by Gasteiger charge is 2.19. The minimum atomic E-state index is 1.15. The minimum Gasteiger partial charge on any atom is -0.309 e. The lowest BCUT2D eigenvalue weighted by Crippen LogP contribution is -1.95. The molecule has 0 saturated heterocycles. The lowest BCUT2D eigenvalue weighted by atomic mass is 10.00. The molecule has 2 aromatic heterocycles. The maximum absolute atomic E-state index is 2.44. The fourth-order valence-electron chi connectivity index (χ4n) is 7.75. The van der Waals surface area contributed by atoms with Crippen molar-refractivity contribution in [1.82, 2.24) is 9.13 Å². The number of fused-ring (bicyclic) bond motifs is 6. The molecule has 2 heterocycles. The van der Waals surface area contributed by atoms with Crippen LogP contribution in [0.5, 0.6) is 0 Å². The fraction of sp³-hybridized carbons (Fsp3) is 0. The Bertz CT molecular complexity index is 2840. The Morgan fingerprint density at radius 2 is 0.580 bits per heavy atom. The Balaban J connectivity index is 1.17. The molecule has 0 spiro atoms. The molecule has 0 aliphatic heterocycles. The average molecular weight is 637 g/mol. The van der Waals surface area contributed by atoms with Gasteiger partial charge in [-0.05, 0) is 81.9 Å². The molecule has 0 unspecified atom stereocenters. The van der Waals surface area contributed by atoms with Crippen LogP contribution in [0.15, 0.2) is 194 Å². The van der Waals surface area contributed by atoms with Gasteiger partial charge < -0.3 is 9.13 Å². The van der Waals surface area contributed by atoms with Crippen LogP contribution >= 0.6 is 0 Å². The summed E-state index contributed by atoms with van der Waals surface area (Å²) in [7, 11) is 0. The van der Waals surface area contributed by atoms with Crippen molar-refractivity contribution in [2.45, 2.75) is 0 Å². The molecular formula is C48H32N2. The van der Waals surface area contributed by atoms with Crippen LogP contribution in [0.3, 0.4) is 0 Å². The second-order valence-corrected chi connectivity index (χ2v) is 13.0. The Morgan fingerprint density at radius 1 is 0.220 bits per heavy atom. The predicted octanol–water partition coefficient (Wildman–Crippen LogP) is 12.9. The number of hydrogen-bond acceptors (Lipinski definition) is 0. The van der Waals surface area contributed by atoms with Crippen molar-refractivity contribution < 1.29 is 0 Å². The van der Waals surface area contributed by atoms with E-state index < -0.39 is 0 Å². The lowest BCUT2D eigenvalue weighted by Gasteiger charge is -2.12. The highest BCUT2D eigenvalue weighted by molar-refractivity contribution is 6.19. The van der Waals surface area contributed by atoms with Gasteiger partial charge in [0.2, 0.25) is 0 Å². The summed E-state index contributed by atoms with van der Waals surface area (Å²) in [6, 6.07) is 70.4. The van der Waals surface area contributed by atoms with Gasteiger partial charge in [0.1, 0.15) is 0 Å². The van der Waals surface area contributed by atoms with Gasteiger partial charge in [0.25, 0.3) is 0 Å². The number of nitrogens with zero attached hydrogens (tertiary/aromatic N) is 2. The van der Waals surface area contributed by atoms with E-state index in [0.717, 1.165) is 11.4 Å². The molecule has 0 atom stereocenters. The largest absolute Gasteiger partial charge is 0.309 e. The topological polar surface area (TPSA) is 9.86 Å². The monoisotopic (exact) mass is 636 g/mol. The molecule has 2 nitrogen and oxygen atoms in total. The zero-order valence-electron chi connectivity index (χ0n) is 27.4. The Morgan fingerprint density at radius 3 is 1.06 bits per heavy atom. The van der Waals surface area contributed by atoms with Gasteiger partial charge in [-0.3, -0.25) is 0 Å². The Labute approximate surface area is 290 Å². The molecular weight excluding hydrogens is 605 g/mol. The Kier molecular flexibility index (Phi) is 6.53. The van der Waals surface area contributed by atoms with E-state index in [-0.39, 0.29) is 0 Å². The van der Waals surface area contributed by atoms with Crippen molar-refractivity contribution in [3.8, 4) is 44.8 Å². The zero-order chi connectivity index (χ0) is 33.0. The SMILES string of the molecule is c1ccc(-c2ccc(-c3cccc(-n4c5ccccc5c5cc6c(cc54)c4ccccc4n6-c4cccc(-c5ccccc5)c4)c3)cc2)cc1. The summed E-state index contributed by atoms with van der Waals surface area (Å²) in [6.45, 7) is 0.